The van der Waals surface area contributed by atoms with E-state index in [2.05, 4.69) is 55.0 Å². The average Bonchev–Trinajstić information content (AvgIpc) is 2.38. The molecule has 1 aromatic carbocycles. The largest absolute Gasteiger partial charge is 0.496 e. The number of methoxy groups -OCH3 is 1. The topological polar surface area (TPSA) is 21.3 Å². The summed E-state index contributed by atoms with van der Waals surface area (Å²) in [6, 6.07) is 2.73. The molecule has 0 saturated carbocycles. The van der Waals surface area contributed by atoms with Crippen LogP contribution in [0.5, 0.6) is 5.75 Å². The maximum atomic E-state index is 5.59. The zero-order valence-corrected chi connectivity index (χ0v) is 15.1. The second-order valence-electron chi connectivity index (χ2n) is 5.73. The Bertz CT molecular complexity index is 429. The zero-order chi connectivity index (χ0) is 15.1. The third kappa shape index (κ3) is 5.10. The van der Waals surface area contributed by atoms with Crippen molar-refractivity contribution in [2.75, 3.05) is 13.7 Å². The molecule has 0 saturated heterocycles. The Labute approximate surface area is 132 Å². The second kappa shape index (κ2) is 8.68. The van der Waals surface area contributed by atoms with Gasteiger partial charge in [-0.25, -0.2) is 0 Å². The number of aryl methyl sites for hydroxylation is 1. The molecule has 0 amide bonds. The number of rotatable bonds is 8. The monoisotopic (exact) mass is 341 g/mol. The Kier molecular flexibility index (Phi) is 7.60. The third-order valence-corrected chi connectivity index (χ3v) is 4.47. The zero-order valence-electron chi connectivity index (χ0n) is 13.5. The minimum absolute atomic E-state index is 0.588. The third-order valence-electron chi connectivity index (χ3n) is 3.65. The average molecular weight is 342 g/mol. The lowest BCUT2D eigenvalue weighted by atomic mass is 9.98. The van der Waals surface area contributed by atoms with Gasteiger partial charge in [0.1, 0.15) is 5.75 Å². The van der Waals surface area contributed by atoms with Crippen LogP contribution in [0, 0.1) is 13.8 Å². The van der Waals surface area contributed by atoms with Crippen LogP contribution in [0.25, 0.3) is 0 Å². The highest BCUT2D eigenvalue weighted by molar-refractivity contribution is 9.10. The van der Waals surface area contributed by atoms with Crippen LogP contribution in [0.4, 0.5) is 0 Å². The normalized spacial score (nSPS) is 11.2. The predicted molar refractivity (Wildman–Crippen MR) is 90.9 cm³/mol. The molecule has 0 aromatic heterocycles. The van der Waals surface area contributed by atoms with E-state index >= 15 is 0 Å². The van der Waals surface area contributed by atoms with E-state index in [-0.39, 0.29) is 0 Å². The van der Waals surface area contributed by atoms with Crippen molar-refractivity contribution in [3.63, 3.8) is 0 Å². The SMILES string of the molecule is COc1c(C)cc(Br)c(C)c1CCCCCNC(C)C. The van der Waals surface area contributed by atoms with Gasteiger partial charge in [-0.1, -0.05) is 36.2 Å². The summed E-state index contributed by atoms with van der Waals surface area (Å²) in [5, 5.41) is 3.46. The number of ether oxygens (including phenoxy) is 1. The molecule has 114 valence electrons. The van der Waals surface area contributed by atoms with E-state index in [9.17, 15) is 0 Å². The molecule has 0 aliphatic heterocycles. The lowest BCUT2D eigenvalue weighted by Gasteiger charge is -2.16. The first kappa shape index (κ1) is 17.5. The Morgan fingerprint density at radius 3 is 2.50 bits per heavy atom. The molecule has 0 atom stereocenters. The van der Waals surface area contributed by atoms with Crippen LogP contribution in [0.15, 0.2) is 10.5 Å². The summed E-state index contributed by atoms with van der Waals surface area (Å²) in [6.45, 7) is 9.78. The number of hydrogen-bond acceptors (Lipinski definition) is 2. The minimum Gasteiger partial charge on any atom is -0.496 e. The van der Waals surface area contributed by atoms with Crippen molar-refractivity contribution in [3.05, 3.63) is 27.2 Å². The fourth-order valence-electron chi connectivity index (χ4n) is 2.50. The molecule has 1 rings (SSSR count). The van der Waals surface area contributed by atoms with E-state index in [0.29, 0.717) is 6.04 Å². The summed E-state index contributed by atoms with van der Waals surface area (Å²) in [5.41, 5.74) is 3.88. The van der Waals surface area contributed by atoms with Crippen molar-refractivity contribution in [3.8, 4) is 5.75 Å². The van der Waals surface area contributed by atoms with Gasteiger partial charge in [-0.05, 0) is 62.4 Å². The molecule has 0 unspecified atom stereocenters. The number of hydrogen-bond donors (Lipinski definition) is 1. The predicted octanol–water partition coefficient (Wildman–Crippen LogP) is 4.79. The van der Waals surface area contributed by atoms with E-state index in [1.807, 2.05) is 0 Å². The summed E-state index contributed by atoms with van der Waals surface area (Å²) < 4.78 is 6.78. The van der Waals surface area contributed by atoms with Gasteiger partial charge in [0.25, 0.3) is 0 Å². The Morgan fingerprint density at radius 2 is 1.90 bits per heavy atom. The van der Waals surface area contributed by atoms with Crippen LogP contribution >= 0.6 is 15.9 Å². The smallest absolute Gasteiger partial charge is 0.125 e. The van der Waals surface area contributed by atoms with Crippen molar-refractivity contribution >= 4 is 15.9 Å². The molecular formula is C17H28BrNO. The Balaban J connectivity index is 2.55. The fourth-order valence-corrected chi connectivity index (χ4v) is 3.08. The van der Waals surface area contributed by atoms with Gasteiger partial charge in [-0.2, -0.15) is 0 Å². The van der Waals surface area contributed by atoms with Crippen molar-refractivity contribution in [2.45, 2.75) is 59.4 Å². The summed E-state index contributed by atoms with van der Waals surface area (Å²) in [7, 11) is 1.77. The van der Waals surface area contributed by atoms with E-state index in [4.69, 9.17) is 4.74 Å². The van der Waals surface area contributed by atoms with Crippen molar-refractivity contribution in [1.29, 1.82) is 0 Å². The highest BCUT2D eigenvalue weighted by Crippen LogP contribution is 2.33. The molecular weight excluding hydrogens is 314 g/mol. The van der Waals surface area contributed by atoms with E-state index in [0.717, 1.165) is 18.7 Å². The molecule has 3 heteroatoms. The molecule has 20 heavy (non-hydrogen) atoms. The van der Waals surface area contributed by atoms with Crippen molar-refractivity contribution in [2.24, 2.45) is 0 Å². The van der Waals surface area contributed by atoms with Crippen LogP contribution in [-0.2, 0) is 6.42 Å². The first-order valence-corrected chi connectivity index (χ1v) is 8.32. The van der Waals surface area contributed by atoms with E-state index in [1.165, 1.54) is 40.4 Å². The number of halogens is 1. The van der Waals surface area contributed by atoms with Gasteiger partial charge in [-0.3, -0.25) is 0 Å². The quantitative estimate of drug-likeness (QED) is 0.686. The van der Waals surface area contributed by atoms with Gasteiger partial charge < -0.3 is 10.1 Å². The molecule has 1 aromatic rings. The first-order chi connectivity index (χ1) is 9.47. The summed E-state index contributed by atoms with van der Waals surface area (Å²) >= 11 is 3.64. The molecule has 0 bridgehead atoms. The molecule has 1 N–H and O–H groups in total. The van der Waals surface area contributed by atoms with Gasteiger partial charge in [0.05, 0.1) is 7.11 Å². The van der Waals surface area contributed by atoms with Crippen LogP contribution in [0.3, 0.4) is 0 Å². The number of unbranched alkanes of at least 4 members (excludes halogenated alkanes) is 2. The summed E-state index contributed by atoms with van der Waals surface area (Å²) in [6.07, 6.45) is 4.81. The lowest BCUT2D eigenvalue weighted by molar-refractivity contribution is 0.405. The summed E-state index contributed by atoms with van der Waals surface area (Å²) in [4.78, 5) is 0. The highest BCUT2D eigenvalue weighted by Gasteiger charge is 2.12. The van der Waals surface area contributed by atoms with E-state index in [1.54, 1.807) is 7.11 Å². The van der Waals surface area contributed by atoms with Gasteiger partial charge in [0, 0.05) is 10.5 Å². The van der Waals surface area contributed by atoms with Crippen LogP contribution < -0.4 is 10.1 Å². The standard InChI is InChI=1S/C17H28BrNO/c1-12(2)19-10-8-6-7-9-15-14(4)16(18)11-13(3)17(15)20-5/h11-12,19H,6-10H2,1-5H3. The Morgan fingerprint density at radius 1 is 1.20 bits per heavy atom. The number of nitrogens with one attached hydrogen (secondary N) is 1. The Hall–Kier alpha value is -0.540. The van der Waals surface area contributed by atoms with E-state index < -0.39 is 0 Å². The summed E-state index contributed by atoms with van der Waals surface area (Å²) in [5.74, 6) is 1.06. The van der Waals surface area contributed by atoms with Crippen molar-refractivity contribution in [1.82, 2.24) is 5.32 Å². The van der Waals surface area contributed by atoms with Crippen LogP contribution in [0.1, 0.15) is 49.8 Å². The second-order valence-corrected chi connectivity index (χ2v) is 6.59. The van der Waals surface area contributed by atoms with Crippen LogP contribution in [0.2, 0.25) is 0 Å². The molecule has 0 spiro atoms. The number of benzene rings is 1. The van der Waals surface area contributed by atoms with Gasteiger partial charge in [0.15, 0.2) is 0 Å². The van der Waals surface area contributed by atoms with Gasteiger partial charge in [0.2, 0.25) is 0 Å². The van der Waals surface area contributed by atoms with Crippen molar-refractivity contribution < 1.29 is 4.74 Å². The fraction of sp³-hybridized carbons (Fsp3) is 0.647. The van der Waals surface area contributed by atoms with Crippen LogP contribution in [-0.4, -0.2) is 19.7 Å². The first-order valence-electron chi connectivity index (χ1n) is 7.53. The maximum absolute atomic E-state index is 5.59. The maximum Gasteiger partial charge on any atom is 0.125 e. The highest BCUT2D eigenvalue weighted by atomic mass is 79.9. The minimum atomic E-state index is 0.588. The molecule has 0 heterocycles. The molecule has 0 radical (unpaired) electrons. The van der Waals surface area contributed by atoms with Gasteiger partial charge >= 0.3 is 0 Å². The molecule has 2 nitrogen and oxygen atoms in total. The lowest BCUT2D eigenvalue weighted by Crippen LogP contribution is -2.23. The molecule has 0 aliphatic rings. The molecule has 0 fully saturated rings. The van der Waals surface area contributed by atoms with Gasteiger partial charge in [-0.15, -0.1) is 0 Å². The molecule has 0 aliphatic carbocycles.